The number of hydrogen-bond acceptors (Lipinski definition) is 4. The lowest BCUT2D eigenvalue weighted by molar-refractivity contribution is -0.137. The highest BCUT2D eigenvalue weighted by atomic mass is 19.4. The summed E-state index contributed by atoms with van der Waals surface area (Å²) in [7, 11) is 1.25. The Hall–Kier alpha value is -3.45. The third-order valence-electron chi connectivity index (χ3n) is 3.26. The lowest BCUT2D eigenvalue weighted by Gasteiger charge is -2.09. The van der Waals surface area contributed by atoms with Gasteiger partial charge in [0.25, 0.3) is 0 Å². The van der Waals surface area contributed by atoms with Gasteiger partial charge in [-0.1, -0.05) is 12.1 Å². The minimum atomic E-state index is -4.58. The normalized spacial score (nSPS) is 11.1. The summed E-state index contributed by atoms with van der Waals surface area (Å²) in [5, 5.41) is 8.66. The van der Waals surface area contributed by atoms with Crippen LogP contribution in [-0.2, 0) is 11.0 Å². The number of methoxy groups -OCH3 is 1. The predicted octanol–water partition coefficient (Wildman–Crippen LogP) is 5.09. The van der Waals surface area contributed by atoms with Crippen LogP contribution in [0.15, 0.2) is 52.5 Å². The van der Waals surface area contributed by atoms with Gasteiger partial charge >= 0.3 is 12.1 Å². The number of para-hydroxylation sites is 1. The number of rotatable bonds is 5. The van der Waals surface area contributed by atoms with Gasteiger partial charge in [0.2, 0.25) is 0 Å². The van der Waals surface area contributed by atoms with E-state index in [9.17, 15) is 22.4 Å². The summed E-state index contributed by atoms with van der Waals surface area (Å²) in [5.41, 5.74) is -1.27. The maximum atomic E-state index is 13.9. The van der Waals surface area contributed by atoms with Crippen LogP contribution in [0, 0.1) is 5.82 Å². The van der Waals surface area contributed by atoms with E-state index in [1.54, 1.807) is 0 Å². The van der Waals surface area contributed by atoms with Crippen LogP contribution in [0.25, 0.3) is 6.08 Å². The molecule has 1 N–H and O–H groups in total. The van der Waals surface area contributed by atoms with Crippen molar-refractivity contribution in [3.05, 3.63) is 59.4 Å². The van der Waals surface area contributed by atoms with Crippen molar-refractivity contribution in [3.63, 3.8) is 0 Å². The molecule has 0 atom stereocenters. The molecule has 27 heavy (non-hydrogen) atoms. The number of halogens is 4. The first-order valence-electron chi connectivity index (χ1n) is 7.33. The molecule has 2 rings (SSSR count). The topological polar surface area (TPSA) is 71.2 Å². The molecule has 0 saturated heterocycles. The van der Waals surface area contributed by atoms with Crippen molar-refractivity contribution in [2.45, 2.75) is 6.18 Å². The summed E-state index contributed by atoms with van der Waals surface area (Å²) >= 11 is 0. The van der Waals surface area contributed by atoms with Gasteiger partial charge in [-0.2, -0.15) is 23.2 Å². The number of benzene rings is 2. The van der Waals surface area contributed by atoms with Gasteiger partial charge in [-0.05, 0) is 30.3 Å². The number of hydrogen-bond donors (Lipinski definition) is 1. The van der Waals surface area contributed by atoms with Gasteiger partial charge in [-0.25, -0.2) is 9.18 Å². The lowest BCUT2D eigenvalue weighted by Crippen LogP contribution is -2.04. The highest BCUT2D eigenvalue weighted by Gasteiger charge is 2.31. The Kier molecular flexibility index (Phi) is 6.10. The van der Waals surface area contributed by atoms with Crippen molar-refractivity contribution in [2.24, 2.45) is 9.98 Å². The highest BCUT2D eigenvalue weighted by Crippen LogP contribution is 2.36. The minimum Gasteiger partial charge on any atom is -0.494 e. The van der Waals surface area contributed by atoms with Gasteiger partial charge < -0.3 is 9.84 Å². The second kappa shape index (κ2) is 8.29. The van der Waals surface area contributed by atoms with Crippen LogP contribution in [0.3, 0.4) is 0 Å². The molecule has 0 saturated carbocycles. The molecule has 0 radical (unpaired) electrons. The molecule has 0 aliphatic carbocycles. The molecule has 0 unspecified atom stereocenters. The molecule has 2 aromatic rings. The largest absolute Gasteiger partial charge is 0.494 e. The minimum absolute atomic E-state index is 0.0465. The Bertz CT molecular complexity index is 946. The SMILES string of the molecule is COc1ccc(C(F)(F)F)cc1N=C=Nc1c(F)cccc1/C=C/C(=O)O. The third-order valence-corrected chi connectivity index (χ3v) is 3.26. The molecule has 0 amide bonds. The number of aliphatic carboxylic acids is 1. The monoisotopic (exact) mass is 380 g/mol. The number of carboxylic acid groups (broad SMARTS) is 1. The quantitative estimate of drug-likeness (QED) is 0.446. The summed E-state index contributed by atoms with van der Waals surface area (Å²) < 4.78 is 57.3. The lowest BCUT2D eigenvalue weighted by atomic mass is 10.1. The number of carboxylic acids is 1. The van der Waals surface area contributed by atoms with E-state index in [0.29, 0.717) is 0 Å². The average molecular weight is 380 g/mol. The van der Waals surface area contributed by atoms with Gasteiger partial charge in [-0.15, -0.1) is 0 Å². The fourth-order valence-corrected chi connectivity index (χ4v) is 2.03. The van der Waals surface area contributed by atoms with Crippen LogP contribution < -0.4 is 4.74 Å². The molecule has 0 spiro atoms. The van der Waals surface area contributed by atoms with Crippen LogP contribution in [0.4, 0.5) is 28.9 Å². The zero-order valence-electron chi connectivity index (χ0n) is 13.8. The number of carbonyl (C=O) groups is 1. The fourth-order valence-electron chi connectivity index (χ4n) is 2.03. The molecule has 0 bridgehead atoms. The Balaban J connectivity index is 2.47. The first-order chi connectivity index (χ1) is 12.7. The van der Waals surface area contributed by atoms with Gasteiger partial charge in [0.05, 0.1) is 12.7 Å². The second-order valence-corrected chi connectivity index (χ2v) is 5.06. The van der Waals surface area contributed by atoms with Gasteiger partial charge in [0, 0.05) is 11.6 Å². The first-order valence-corrected chi connectivity index (χ1v) is 7.33. The van der Waals surface area contributed by atoms with E-state index >= 15 is 0 Å². The molecule has 0 aliphatic rings. The Labute approximate surface area is 151 Å². The standard InChI is InChI=1S/C18H12F4N2O3/c1-27-15-7-6-12(18(20,21)22)9-14(15)23-10-24-17-11(5-8-16(25)26)3-2-4-13(17)19/h2-9H,1H3,(H,25,26)/b8-5+. The van der Waals surface area contributed by atoms with E-state index in [2.05, 4.69) is 16.0 Å². The Morgan fingerprint density at radius 1 is 1.22 bits per heavy atom. The van der Waals surface area contributed by atoms with E-state index in [1.165, 1.54) is 19.2 Å². The van der Waals surface area contributed by atoms with Crippen LogP contribution in [0.2, 0.25) is 0 Å². The molecular formula is C18H12F4N2O3. The van der Waals surface area contributed by atoms with E-state index in [-0.39, 0.29) is 22.7 Å². The van der Waals surface area contributed by atoms with E-state index in [1.807, 2.05) is 0 Å². The zero-order chi connectivity index (χ0) is 20.0. The highest BCUT2D eigenvalue weighted by molar-refractivity contribution is 5.86. The molecule has 140 valence electrons. The molecule has 0 fully saturated rings. The molecule has 5 nitrogen and oxygen atoms in total. The molecular weight excluding hydrogens is 368 g/mol. The van der Waals surface area contributed by atoms with E-state index < -0.39 is 23.5 Å². The summed E-state index contributed by atoms with van der Waals surface area (Å²) in [6.07, 6.45) is -2.66. The van der Waals surface area contributed by atoms with Crippen molar-refractivity contribution in [3.8, 4) is 5.75 Å². The molecule has 0 aromatic heterocycles. The van der Waals surface area contributed by atoms with Crippen molar-refractivity contribution in [2.75, 3.05) is 7.11 Å². The number of ether oxygens (including phenoxy) is 1. The maximum Gasteiger partial charge on any atom is 0.416 e. The Morgan fingerprint density at radius 3 is 2.59 bits per heavy atom. The first kappa shape index (κ1) is 19.9. The summed E-state index contributed by atoms with van der Waals surface area (Å²) in [6, 6.07) is 8.64. The molecule has 9 heteroatoms. The van der Waals surface area contributed by atoms with E-state index in [0.717, 1.165) is 36.4 Å². The van der Waals surface area contributed by atoms with Gasteiger partial charge in [0.15, 0.2) is 0 Å². The average Bonchev–Trinajstić information content (AvgIpc) is 2.60. The number of nitrogens with zero attached hydrogens (tertiary/aromatic N) is 2. The Morgan fingerprint density at radius 2 is 1.96 bits per heavy atom. The van der Waals surface area contributed by atoms with Crippen LogP contribution >= 0.6 is 0 Å². The van der Waals surface area contributed by atoms with Gasteiger partial charge in [-0.3, -0.25) is 0 Å². The number of alkyl halides is 3. The van der Waals surface area contributed by atoms with Crippen LogP contribution in [-0.4, -0.2) is 24.2 Å². The molecule has 0 aliphatic heterocycles. The predicted molar refractivity (Wildman–Crippen MR) is 90.2 cm³/mol. The summed E-state index contributed by atoms with van der Waals surface area (Å²) in [4.78, 5) is 17.9. The third kappa shape index (κ3) is 5.26. The van der Waals surface area contributed by atoms with Crippen LogP contribution in [0.5, 0.6) is 5.75 Å². The number of aliphatic imine (C=N–C) groups is 2. The second-order valence-electron chi connectivity index (χ2n) is 5.06. The molecule has 2 aromatic carbocycles. The van der Waals surface area contributed by atoms with Gasteiger partial charge in [0.1, 0.15) is 28.9 Å². The van der Waals surface area contributed by atoms with Crippen molar-refractivity contribution in [1.29, 1.82) is 0 Å². The zero-order valence-corrected chi connectivity index (χ0v) is 13.8. The van der Waals surface area contributed by atoms with Crippen LogP contribution in [0.1, 0.15) is 11.1 Å². The van der Waals surface area contributed by atoms with Crippen molar-refractivity contribution < 1.29 is 32.2 Å². The fraction of sp³-hybridized carbons (Fsp3) is 0.111. The van der Waals surface area contributed by atoms with Crippen molar-refractivity contribution >= 4 is 29.4 Å². The molecule has 0 heterocycles. The smallest absolute Gasteiger partial charge is 0.416 e. The van der Waals surface area contributed by atoms with E-state index in [4.69, 9.17) is 9.84 Å². The van der Waals surface area contributed by atoms with Crippen molar-refractivity contribution in [1.82, 2.24) is 0 Å². The summed E-state index contributed by atoms with van der Waals surface area (Å²) in [5.74, 6) is -1.97. The maximum absolute atomic E-state index is 13.9. The summed E-state index contributed by atoms with van der Waals surface area (Å²) in [6.45, 7) is 0.